The summed E-state index contributed by atoms with van der Waals surface area (Å²) in [5.41, 5.74) is 5.86. The van der Waals surface area contributed by atoms with E-state index in [1.165, 1.54) is 17.4 Å². The van der Waals surface area contributed by atoms with Gasteiger partial charge in [0.2, 0.25) is 11.8 Å². The van der Waals surface area contributed by atoms with E-state index >= 15 is 0 Å². The van der Waals surface area contributed by atoms with Crippen molar-refractivity contribution in [2.45, 2.75) is 6.92 Å². The Morgan fingerprint density at radius 2 is 2.00 bits per heavy atom. The topological polar surface area (TPSA) is 127 Å². The van der Waals surface area contributed by atoms with Crippen molar-refractivity contribution in [2.24, 2.45) is 5.73 Å². The van der Waals surface area contributed by atoms with Crippen LogP contribution >= 0.6 is 11.3 Å². The Bertz CT molecular complexity index is 995. The number of primary amides is 1. The molecule has 0 aliphatic heterocycles. The monoisotopic (exact) mass is 384 g/mol. The third-order valence-electron chi connectivity index (χ3n) is 3.55. The number of benzene rings is 1. The van der Waals surface area contributed by atoms with Crippen LogP contribution in [0.4, 0.5) is 5.69 Å². The van der Waals surface area contributed by atoms with Gasteiger partial charge in [0.25, 0.3) is 11.8 Å². The Morgan fingerprint density at radius 1 is 1.19 bits per heavy atom. The van der Waals surface area contributed by atoms with Crippen molar-refractivity contribution in [2.75, 3.05) is 11.9 Å². The summed E-state index contributed by atoms with van der Waals surface area (Å²) in [6.45, 7) is 1.39. The molecule has 0 spiro atoms. The van der Waals surface area contributed by atoms with E-state index in [1.54, 1.807) is 25.1 Å². The number of nitrogens with two attached hydrogens (primary N) is 1. The summed E-state index contributed by atoms with van der Waals surface area (Å²) in [5.74, 6) is -0.786. The first-order chi connectivity index (χ1) is 12.9. The van der Waals surface area contributed by atoms with Crippen molar-refractivity contribution in [1.29, 1.82) is 0 Å². The summed E-state index contributed by atoms with van der Waals surface area (Å²) in [5, 5.41) is 6.97. The normalized spacial score (nSPS) is 10.4. The molecule has 138 valence electrons. The molecule has 0 aliphatic rings. The summed E-state index contributed by atoms with van der Waals surface area (Å²) >= 11 is 1.46. The molecule has 0 saturated carbocycles. The molecule has 1 aromatic carbocycles. The van der Waals surface area contributed by atoms with Crippen LogP contribution in [-0.2, 0) is 4.79 Å². The Hall–Kier alpha value is -3.46. The zero-order chi connectivity index (χ0) is 19.4. The number of rotatable bonds is 6. The van der Waals surface area contributed by atoms with Gasteiger partial charge in [0.05, 0.1) is 11.4 Å². The lowest BCUT2D eigenvalue weighted by Gasteiger charge is -2.07. The van der Waals surface area contributed by atoms with E-state index in [2.05, 4.69) is 15.6 Å². The zero-order valence-corrected chi connectivity index (χ0v) is 15.1. The molecular weight excluding hydrogens is 368 g/mol. The number of hydrogen-bond acceptors (Lipinski definition) is 6. The van der Waals surface area contributed by atoms with E-state index in [0.29, 0.717) is 17.3 Å². The van der Waals surface area contributed by atoms with Gasteiger partial charge in [-0.15, -0.1) is 11.3 Å². The molecular formula is C18H16N4O4S. The molecule has 0 saturated heterocycles. The SMILES string of the molecule is Cc1oc(-c2cccs2)nc1C(=O)Nc1cccc(C(=O)NCC(N)=O)c1. The van der Waals surface area contributed by atoms with E-state index in [9.17, 15) is 14.4 Å². The number of amides is 3. The molecule has 2 aromatic heterocycles. The fourth-order valence-electron chi connectivity index (χ4n) is 2.31. The van der Waals surface area contributed by atoms with E-state index < -0.39 is 17.7 Å². The van der Waals surface area contributed by atoms with Crippen molar-refractivity contribution < 1.29 is 18.8 Å². The highest BCUT2D eigenvalue weighted by atomic mass is 32.1. The second kappa shape index (κ2) is 7.83. The molecule has 9 heteroatoms. The van der Waals surface area contributed by atoms with Gasteiger partial charge in [-0.05, 0) is 36.6 Å². The van der Waals surface area contributed by atoms with E-state index in [0.717, 1.165) is 4.88 Å². The maximum absolute atomic E-state index is 12.5. The molecule has 0 unspecified atom stereocenters. The van der Waals surface area contributed by atoms with Crippen molar-refractivity contribution in [1.82, 2.24) is 10.3 Å². The van der Waals surface area contributed by atoms with Crippen molar-refractivity contribution >= 4 is 34.7 Å². The fraction of sp³-hybridized carbons (Fsp3) is 0.111. The van der Waals surface area contributed by atoms with Crippen LogP contribution in [0.1, 0.15) is 26.6 Å². The van der Waals surface area contributed by atoms with Gasteiger partial charge in [0, 0.05) is 11.3 Å². The number of anilines is 1. The standard InChI is InChI=1S/C18H16N4O4S/c1-10-15(22-18(26-10)13-6-3-7-27-13)17(25)21-12-5-2-4-11(8-12)16(24)20-9-14(19)23/h2-8H,9H2,1H3,(H2,19,23)(H,20,24)(H,21,25). The summed E-state index contributed by atoms with van der Waals surface area (Å²) in [6, 6.07) is 10.0. The maximum Gasteiger partial charge on any atom is 0.277 e. The molecule has 3 aromatic rings. The van der Waals surface area contributed by atoms with Crippen LogP contribution in [0.2, 0.25) is 0 Å². The molecule has 4 N–H and O–H groups in total. The molecule has 3 amide bonds. The minimum atomic E-state index is -0.643. The lowest BCUT2D eigenvalue weighted by atomic mass is 10.2. The van der Waals surface area contributed by atoms with Crippen LogP contribution in [0.3, 0.4) is 0 Å². The van der Waals surface area contributed by atoms with E-state index in [-0.39, 0.29) is 17.8 Å². The number of aromatic nitrogens is 1. The largest absolute Gasteiger partial charge is 0.440 e. The first-order valence-corrected chi connectivity index (χ1v) is 8.81. The number of thiophene rings is 1. The second-order valence-electron chi connectivity index (χ2n) is 5.59. The van der Waals surface area contributed by atoms with Gasteiger partial charge >= 0.3 is 0 Å². The van der Waals surface area contributed by atoms with Crippen LogP contribution in [0.25, 0.3) is 10.8 Å². The van der Waals surface area contributed by atoms with Crippen LogP contribution < -0.4 is 16.4 Å². The maximum atomic E-state index is 12.5. The van der Waals surface area contributed by atoms with Gasteiger partial charge in [0.1, 0.15) is 5.76 Å². The van der Waals surface area contributed by atoms with Crippen LogP contribution in [-0.4, -0.2) is 29.3 Å². The number of aryl methyl sites for hydroxylation is 1. The molecule has 0 aliphatic carbocycles. The summed E-state index contributed by atoms with van der Waals surface area (Å²) in [4.78, 5) is 40.3. The molecule has 8 nitrogen and oxygen atoms in total. The van der Waals surface area contributed by atoms with Crippen molar-refractivity contribution in [3.63, 3.8) is 0 Å². The highest BCUT2D eigenvalue weighted by Gasteiger charge is 2.19. The highest BCUT2D eigenvalue weighted by molar-refractivity contribution is 7.13. The Labute approximate surface area is 158 Å². The molecule has 27 heavy (non-hydrogen) atoms. The molecule has 2 heterocycles. The Balaban J connectivity index is 1.74. The average Bonchev–Trinajstić information content (AvgIpc) is 3.29. The number of oxazole rings is 1. The van der Waals surface area contributed by atoms with Gasteiger partial charge in [0.15, 0.2) is 5.69 Å². The van der Waals surface area contributed by atoms with Crippen LogP contribution in [0.5, 0.6) is 0 Å². The quantitative estimate of drug-likeness (QED) is 0.600. The van der Waals surface area contributed by atoms with Crippen molar-refractivity contribution in [3.8, 4) is 10.8 Å². The minimum absolute atomic E-state index is 0.169. The second-order valence-corrected chi connectivity index (χ2v) is 6.53. The fourth-order valence-corrected chi connectivity index (χ4v) is 2.96. The lowest BCUT2D eigenvalue weighted by Crippen LogP contribution is -2.33. The van der Waals surface area contributed by atoms with Crippen LogP contribution in [0, 0.1) is 6.92 Å². The first kappa shape index (κ1) is 18.3. The van der Waals surface area contributed by atoms with Crippen molar-refractivity contribution in [3.05, 3.63) is 58.8 Å². The predicted octanol–water partition coefficient (Wildman–Crippen LogP) is 2.18. The average molecular weight is 384 g/mol. The number of nitrogens with zero attached hydrogens (tertiary/aromatic N) is 1. The molecule has 0 atom stereocenters. The first-order valence-electron chi connectivity index (χ1n) is 7.93. The molecule has 3 rings (SSSR count). The number of carbonyl (C=O) groups is 3. The third-order valence-corrected chi connectivity index (χ3v) is 4.41. The van der Waals surface area contributed by atoms with E-state index in [4.69, 9.17) is 10.2 Å². The summed E-state index contributed by atoms with van der Waals surface area (Å²) in [7, 11) is 0. The molecule has 0 fully saturated rings. The summed E-state index contributed by atoms with van der Waals surface area (Å²) < 4.78 is 5.56. The Morgan fingerprint density at radius 3 is 2.70 bits per heavy atom. The minimum Gasteiger partial charge on any atom is -0.440 e. The third kappa shape index (κ3) is 4.39. The number of carbonyl (C=O) groups excluding carboxylic acids is 3. The van der Waals surface area contributed by atoms with Gasteiger partial charge in [-0.1, -0.05) is 12.1 Å². The summed E-state index contributed by atoms with van der Waals surface area (Å²) in [6.07, 6.45) is 0. The smallest absolute Gasteiger partial charge is 0.277 e. The van der Waals surface area contributed by atoms with Gasteiger partial charge < -0.3 is 20.8 Å². The zero-order valence-electron chi connectivity index (χ0n) is 14.3. The lowest BCUT2D eigenvalue weighted by molar-refractivity contribution is -0.117. The van der Waals surface area contributed by atoms with E-state index in [1.807, 2.05) is 17.5 Å². The van der Waals surface area contributed by atoms with Gasteiger partial charge in [-0.25, -0.2) is 4.98 Å². The predicted molar refractivity (Wildman–Crippen MR) is 100 cm³/mol. The molecule has 0 radical (unpaired) electrons. The number of nitrogens with one attached hydrogen (secondary N) is 2. The highest BCUT2D eigenvalue weighted by Crippen LogP contribution is 2.26. The van der Waals surface area contributed by atoms with Gasteiger partial charge in [-0.2, -0.15) is 0 Å². The van der Waals surface area contributed by atoms with Gasteiger partial charge in [-0.3, -0.25) is 14.4 Å². The Kier molecular flexibility index (Phi) is 5.32. The molecule has 0 bridgehead atoms. The van der Waals surface area contributed by atoms with Crippen LogP contribution in [0.15, 0.2) is 46.2 Å². The number of hydrogen-bond donors (Lipinski definition) is 3.